The summed E-state index contributed by atoms with van der Waals surface area (Å²) in [6, 6.07) is 21.4. The number of nitrogens with one attached hydrogen (secondary N) is 2. The molecule has 138 valence electrons. The van der Waals surface area contributed by atoms with E-state index in [1.54, 1.807) is 19.4 Å². The molecule has 1 heterocycles. The number of carbonyl (C=O) groups excluding carboxylic acids is 1. The highest BCUT2D eigenvalue weighted by Gasteiger charge is 2.05. The summed E-state index contributed by atoms with van der Waals surface area (Å²) in [5.74, 6) is 1.34. The lowest BCUT2D eigenvalue weighted by Gasteiger charge is -2.08. The first-order valence-corrected chi connectivity index (χ1v) is 8.89. The van der Waals surface area contributed by atoms with Gasteiger partial charge in [-0.15, -0.1) is 0 Å². The van der Waals surface area contributed by atoms with E-state index in [9.17, 15) is 4.79 Å². The number of pyridine rings is 1. The van der Waals surface area contributed by atoms with Crippen LogP contribution in [0.2, 0.25) is 0 Å². The fourth-order valence-electron chi connectivity index (χ4n) is 2.68. The maximum atomic E-state index is 12.1. The molecular weight excluding hydrogens is 338 g/mol. The molecule has 0 atom stereocenters. The number of hydrogen-bond acceptors (Lipinski definition) is 4. The molecule has 27 heavy (non-hydrogen) atoms. The van der Waals surface area contributed by atoms with Crippen molar-refractivity contribution in [3.05, 3.63) is 84.1 Å². The lowest BCUT2D eigenvalue weighted by atomic mass is 10.1. The second-order valence-corrected chi connectivity index (χ2v) is 6.17. The summed E-state index contributed by atoms with van der Waals surface area (Å²) < 4.78 is 5.16. The van der Waals surface area contributed by atoms with E-state index in [1.165, 1.54) is 5.56 Å². The minimum atomic E-state index is -0.0751. The average Bonchev–Trinajstić information content (AvgIpc) is 2.70. The molecule has 5 heteroatoms. The summed E-state index contributed by atoms with van der Waals surface area (Å²) in [6.07, 6.45) is 2.97. The summed E-state index contributed by atoms with van der Waals surface area (Å²) in [6.45, 7) is 0.799. The van der Waals surface area contributed by atoms with Crippen molar-refractivity contribution < 1.29 is 9.53 Å². The summed E-state index contributed by atoms with van der Waals surface area (Å²) in [5.41, 5.74) is 3.14. The predicted molar refractivity (Wildman–Crippen MR) is 108 cm³/mol. The maximum absolute atomic E-state index is 12.1. The zero-order chi connectivity index (χ0) is 18.9. The van der Waals surface area contributed by atoms with Crippen molar-refractivity contribution in [2.75, 3.05) is 24.3 Å². The number of ether oxygens (including phenoxy) is 1. The van der Waals surface area contributed by atoms with Crippen LogP contribution >= 0.6 is 0 Å². The van der Waals surface area contributed by atoms with Crippen LogP contribution in [0.4, 0.5) is 11.5 Å². The van der Waals surface area contributed by atoms with Crippen LogP contribution in [0.25, 0.3) is 0 Å². The first kappa shape index (κ1) is 18.5. The monoisotopic (exact) mass is 361 g/mol. The third-order valence-corrected chi connectivity index (χ3v) is 4.14. The van der Waals surface area contributed by atoms with Gasteiger partial charge in [-0.3, -0.25) is 4.79 Å². The van der Waals surface area contributed by atoms with Crippen LogP contribution in [-0.2, 0) is 17.6 Å². The molecule has 0 saturated heterocycles. The van der Waals surface area contributed by atoms with Gasteiger partial charge in [0.2, 0.25) is 5.91 Å². The molecule has 0 fully saturated rings. The Hall–Kier alpha value is -3.34. The SMILES string of the molecule is COc1ccc(CCNc2ccc(NC(=O)Cc3ccccc3)nc2)cc1. The Morgan fingerprint density at radius 3 is 2.41 bits per heavy atom. The van der Waals surface area contributed by atoms with Gasteiger partial charge in [-0.1, -0.05) is 42.5 Å². The smallest absolute Gasteiger partial charge is 0.229 e. The van der Waals surface area contributed by atoms with Crippen molar-refractivity contribution in [2.45, 2.75) is 12.8 Å². The van der Waals surface area contributed by atoms with Crippen molar-refractivity contribution >= 4 is 17.4 Å². The minimum Gasteiger partial charge on any atom is -0.497 e. The normalized spacial score (nSPS) is 10.3. The zero-order valence-corrected chi connectivity index (χ0v) is 15.3. The Bertz CT molecular complexity index is 847. The van der Waals surface area contributed by atoms with E-state index < -0.39 is 0 Å². The number of amides is 1. The molecule has 3 rings (SSSR count). The highest BCUT2D eigenvalue weighted by atomic mass is 16.5. The number of aromatic nitrogens is 1. The van der Waals surface area contributed by atoms with Crippen LogP contribution < -0.4 is 15.4 Å². The van der Waals surface area contributed by atoms with E-state index in [4.69, 9.17) is 4.74 Å². The fraction of sp³-hybridized carbons (Fsp3) is 0.182. The number of anilines is 2. The van der Waals surface area contributed by atoms with Crippen molar-refractivity contribution in [2.24, 2.45) is 0 Å². The molecule has 1 aromatic heterocycles. The number of benzene rings is 2. The highest BCUT2D eigenvalue weighted by Crippen LogP contribution is 2.13. The van der Waals surface area contributed by atoms with Gasteiger partial charge in [0.1, 0.15) is 11.6 Å². The van der Waals surface area contributed by atoms with Crippen LogP contribution in [0, 0.1) is 0 Å². The molecule has 0 aliphatic rings. The summed E-state index contributed by atoms with van der Waals surface area (Å²) >= 11 is 0. The number of rotatable bonds is 8. The Labute approximate surface area is 159 Å². The van der Waals surface area contributed by atoms with Crippen molar-refractivity contribution in [1.82, 2.24) is 4.98 Å². The first-order valence-electron chi connectivity index (χ1n) is 8.89. The molecule has 1 amide bonds. The van der Waals surface area contributed by atoms with Gasteiger partial charge in [0, 0.05) is 6.54 Å². The van der Waals surface area contributed by atoms with Gasteiger partial charge < -0.3 is 15.4 Å². The van der Waals surface area contributed by atoms with Gasteiger partial charge in [-0.2, -0.15) is 0 Å². The van der Waals surface area contributed by atoms with E-state index in [2.05, 4.69) is 27.8 Å². The molecule has 0 aliphatic heterocycles. The topological polar surface area (TPSA) is 63.2 Å². The van der Waals surface area contributed by atoms with Gasteiger partial charge in [0.15, 0.2) is 0 Å². The van der Waals surface area contributed by atoms with E-state index in [0.717, 1.165) is 30.0 Å². The molecule has 0 saturated carbocycles. The summed E-state index contributed by atoms with van der Waals surface area (Å²) in [5, 5.41) is 6.16. The lowest BCUT2D eigenvalue weighted by Crippen LogP contribution is -2.15. The fourth-order valence-corrected chi connectivity index (χ4v) is 2.68. The van der Waals surface area contributed by atoms with Gasteiger partial charge in [0.05, 0.1) is 25.4 Å². The average molecular weight is 361 g/mol. The van der Waals surface area contributed by atoms with Crippen LogP contribution in [0.15, 0.2) is 72.9 Å². The van der Waals surface area contributed by atoms with Crippen molar-refractivity contribution in [3.63, 3.8) is 0 Å². The van der Waals surface area contributed by atoms with E-state index in [0.29, 0.717) is 12.2 Å². The molecule has 0 spiro atoms. The van der Waals surface area contributed by atoms with Crippen molar-refractivity contribution in [1.29, 1.82) is 0 Å². The molecule has 3 aromatic rings. The van der Waals surface area contributed by atoms with Gasteiger partial charge >= 0.3 is 0 Å². The van der Waals surface area contributed by atoms with Crippen LogP contribution in [0.5, 0.6) is 5.75 Å². The molecule has 0 aliphatic carbocycles. The zero-order valence-electron chi connectivity index (χ0n) is 15.3. The minimum absolute atomic E-state index is 0.0751. The predicted octanol–water partition coefficient (Wildman–Crippen LogP) is 3.93. The van der Waals surface area contributed by atoms with Crippen LogP contribution in [0.1, 0.15) is 11.1 Å². The second-order valence-electron chi connectivity index (χ2n) is 6.17. The molecule has 5 nitrogen and oxygen atoms in total. The van der Waals surface area contributed by atoms with Gasteiger partial charge in [-0.05, 0) is 41.8 Å². The Kier molecular flexibility index (Phi) is 6.41. The third kappa shape index (κ3) is 5.85. The lowest BCUT2D eigenvalue weighted by molar-refractivity contribution is -0.115. The highest BCUT2D eigenvalue weighted by molar-refractivity contribution is 5.91. The molecule has 2 N–H and O–H groups in total. The van der Waals surface area contributed by atoms with E-state index in [1.807, 2.05) is 48.5 Å². The third-order valence-electron chi connectivity index (χ3n) is 4.14. The standard InChI is InChI=1S/C22H23N3O2/c1-27-20-10-7-17(8-11-20)13-14-23-19-9-12-21(24-16-19)25-22(26)15-18-5-3-2-4-6-18/h2-12,16,23H,13-15H2,1H3,(H,24,25,26). The molecular formula is C22H23N3O2. The van der Waals surface area contributed by atoms with Crippen LogP contribution in [-0.4, -0.2) is 24.5 Å². The largest absolute Gasteiger partial charge is 0.497 e. The van der Waals surface area contributed by atoms with Crippen LogP contribution in [0.3, 0.4) is 0 Å². The Morgan fingerprint density at radius 1 is 0.963 bits per heavy atom. The molecule has 0 bridgehead atoms. The van der Waals surface area contributed by atoms with Crippen molar-refractivity contribution in [3.8, 4) is 5.75 Å². The Morgan fingerprint density at radius 2 is 1.74 bits per heavy atom. The summed E-state index contributed by atoms with van der Waals surface area (Å²) in [4.78, 5) is 16.4. The van der Waals surface area contributed by atoms with Gasteiger partial charge in [0.25, 0.3) is 0 Å². The molecule has 0 unspecified atom stereocenters. The summed E-state index contributed by atoms with van der Waals surface area (Å²) in [7, 11) is 1.66. The quantitative estimate of drug-likeness (QED) is 0.638. The number of methoxy groups -OCH3 is 1. The maximum Gasteiger partial charge on any atom is 0.229 e. The Balaban J connectivity index is 1.44. The first-order chi connectivity index (χ1) is 13.2. The van der Waals surface area contributed by atoms with Gasteiger partial charge in [-0.25, -0.2) is 4.98 Å². The number of hydrogen-bond donors (Lipinski definition) is 2. The number of carbonyl (C=O) groups is 1. The number of nitrogens with zero attached hydrogens (tertiary/aromatic N) is 1. The molecule has 0 radical (unpaired) electrons. The van der Waals surface area contributed by atoms with E-state index >= 15 is 0 Å². The van der Waals surface area contributed by atoms with E-state index in [-0.39, 0.29) is 5.91 Å². The second kappa shape index (κ2) is 9.38. The molecule has 2 aromatic carbocycles.